The SMILES string of the molecule is NC1(Cc2cc(Cl)ccc2[N+](=O)[O-])CC2CCC1O2. The Balaban J connectivity index is 1.91. The third kappa shape index (κ3) is 2.22. The minimum Gasteiger partial charge on any atom is -0.373 e. The number of hydrogen-bond donors (Lipinski definition) is 1. The molecule has 2 aliphatic rings. The minimum absolute atomic E-state index is 0.0103. The van der Waals surface area contributed by atoms with Crippen molar-refractivity contribution in [2.24, 2.45) is 5.73 Å². The van der Waals surface area contributed by atoms with E-state index >= 15 is 0 Å². The van der Waals surface area contributed by atoms with Crippen LogP contribution in [-0.2, 0) is 11.2 Å². The smallest absolute Gasteiger partial charge is 0.272 e. The first kappa shape index (κ1) is 12.8. The zero-order valence-corrected chi connectivity index (χ0v) is 11.1. The average molecular weight is 283 g/mol. The summed E-state index contributed by atoms with van der Waals surface area (Å²) >= 11 is 5.94. The Morgan fingerprint density at radius 3 is 2.89 bits per heavy atom. The summed E-state index contributed by atoms with van der Waals surface area (Å²) in [5.41, 5.74) is 6.58. The van der Waals surface area contributed by atoms with E-state index < -0.39 is 5.54 Å². The van der Waals surface area contributed by atoms with Crippen molar-refractivity contribution in [1.29, 1.82) is 0 Å². The molecule has 2 bridgehead atoms. The number of nitrogens with zero attached hydrogens (tertiary/aromatic N) is 1. The molecule has 19 heavy (non-hydrogen) atoms. The predicted molar refractivity (Wildman–Crippen MR) is 71.2 cm³/mol. The van der Waals surface area contributed by atoms with Crippen LogP contribution in [0.25, 0.3) is 0 Å². The van der Waals surface area contributed by atoms with Crippen molar-refractivity contribution in [1.82, 2.24) is 0 Å². The van der Waals surface area contributed by atoms with Gasteiger partial charge in [0, 0.05) is 22.2 Å². The summed E-state index contributed by atoms with van der Waals surface area (Å²) in [4.78, 5) is 10.7. The van der Waals surface area contributed by atoms with Crippen LogP contribution in [-0.4, -0.2) is 22.7 Å². The first-order valence-corrected chi connectivity index (χ1v) is 6.73. The molecule has 2 saturated heterocycles. The molecule has 2 heterocycles. The third-order valence-corrected chi connectivity index (χ3v) is 4.35. The van der Waals surface area contributed by atoms with Crippen LogP contribution >= 0.6 is 11.6 Å². The van der Waals surface area contributed by atoms with Crippen molar-refractivity contribution in [3.05, 3.63) is 38.9 Å². The molecule has 2 N–H and O–H groups in total. The molecule has 0 aliphatic carbocycles. The number of halogens is 1. The number of fused-ring (bicyclic) bond motifs is 2. The number of nitrogens with two attached hydrogens (primary N) is 1. The number of ether oxygens (including phenoxy) is 1. The molecule has 0 radical (unpaired) electrons. The molecule has 1 aromatic rings. The van der Waals surface area contributed by atoms with Gasteiger partial charge >= 0.3 is 0 Å². The zero-order valence-electron chi connectivity index (χ0n) is 10.3. The normalized spacial score (nSPS) is 32.7. The fourth-order valence-corrected chi connectivity index (χ4v) is 3.44. The molecule has 5 nitrogen and oxygen atoms in total. The number of nitro groups is 1. The summed E-state index contributed by atoms with van der Waals surface area (Å²) in [6.07, 6.45) is 3.41. The molecule has 1 aromatic carbocycles. The molecule has 0 saturated carbocycles. The summed E-state index contributed by atoms with van der Waals surface area (Å²) in [7, 11) is 0. The molecular formula is C13H15ClN2O3. The third-order valence-electron chi connectivity index (χ3n) is 4.11. The van der Waals surface area contributed by atoms with Crippen LogP contribution in [0.4, 0.5) is 5.69 Å². The number of nitro benzene ring substituents is 1. The topological polar surface area (TPSA) is 78.4 Å². The van der Waals surface area contributed by atoms with Crippen LogP contribution in [0.5, 0.6) is 0 Å². The Bertz CT molecular complexity index is 537. The van der Waals surface area contributed by atoms with Gasteiger partial charge < -0.3 is 10.5 Å². The fourth-order valence-electron chi connectivity index (χ4n) is 3.25. The largest absolute Gasteiger partial charge is 0.373 e. The van der Waals surface area contributed by atoms with Gasteiger partial charge in [0.1, 0.15) is 0 Å². The second kappa shape index (κ2) is 4.44. The molecule has 6 heteroatoms. The van der Waals surface area contributed by atoms with E-state index in [4.69, 9.17) is 22.1 Å². The van der Waals surface area contributed by atoms with Gasteiger partial charge in [-0.25, -0.2) is 0 Å². The highest BCUT2D eigenvalue weighted by Crippen LogP contribution is 2.43. The lowest BCUT2D eigenvalue weighted by atomic mass is 9.78. The maximum absolute atomic E-state index is 11.1. The monoisotopic (exact) mass is 282 g/mol. The Morgan fingerprint density at radius 2 is 2.32 bits per heavy atom. The van der Waals surface area contributed by atoms with Crippen molar-refractivity contribution in [2.45, 2.75) is 43.4 Å². The van der Waals surface area contributed by atoms with E-state index in [-0.39, 0.29) is 22.8 Å². The van der Waals surface area contributed by atoms with Crippen molar-refractivity contribution in [2.75, 3.05) is 0 Å². The molecule has 3 rings (SSSR count). The lowest BCUT2D eigenvalue weighted by molar-refractivity contribution is -0.385. The highest BCUT2D eigenvalue weighted by molar-refractivity contribution is 6.30. The van der Waals surface area contributed by atoms with Crippen LogP contribution in [0.3, 0.4) is 0 Å². The molecule has 3 unspecified atom stereocenters. The number of benzene rings is 1. The van der Waals surface area contributed by atoms with E-state index in [0.29, 0.717) is 17.0 Å². The van der Waals surface area contributed by atoms with Gasteiger partial charge in [0.05, 0.1) is 17.1 Å². The van der Waals surface area contributed by atoms with E-state index in [0.717, 1.165) is 19.3 Å². The average Bonchev–Trinajstić information content (AvgIpc) is 2.87. The van der Waals surface area contributed by atoms with Gasteiger partial charge in [-0.3, -0.25) is 10.1 Å². The molecule has 0 aromatic heterocycles. The maximum Gasteiger partial charge on any atom is 0.272 e. The van der Waals surface area contributed by atoms with Gasteiger partial charge in [0.2, 0.25) is 0 Å². The van der Waals surface area contributed by atoms with Crippen molar-refractivity contribution >= 4 is 17.3 Å². The van der Waals surface area contributed by atoms with Gasteiger partial charge in [0.15, 0.2) is 0 Å². The van der Waals surface area contributed by atoms with Crippen molar-refractivity contribution < 1.29 is 9.66 Å². The quantitative estimate of drug-likeness (QED) is 0.682. The maximum atomic E-state index is 11.1. The Hall–Kier alpha value is -1.17. The summed E-state index contributed by atoms with van der Waals surface area (Å²) in [5, 5.41) is 11.6. The highest BCUT2D eigenvalue weighted by atomic mass is 35.5. The summed E-state index contributed by atoms with van der Waals surface area (Å²) in [6, 6.07) is 4.61. The Labute approximate surface area is 115 Å². The molecule has 2 aliphatic heterocycles. The predicted octanol–water partition coefficient (Wildman–Crippen LogP) is 2.44. The van der Waals surface area contributed by atoms with Gasteiger partial charge in [0.25, 0.3) is 5.69 Å². The molecule has 102 valence electrons. The van der Waals surface area contributed by atoms with Crippen LogP contribution < -0.4 is 5.73 Å². The van der Waals surface area contributed by atoms with E-state index in [2.05, 4.69) is 0 Å². The fraction of sp³-hybridized carbons (Fsp3) is 0.538. The van der Waals surface area contributed by atoms with Crippen molar-refractivity contribution in [3.8, 4) is 0 Å². The molecular weight excluding hydrogens is 268 g/mol. The second-order valence-electron chi connectivity index (χ2n) is 5.47. The van der Waals surface area contributed by atoms with E-state index in [1.54, 1.807) is 6.07 Å². The first-order chi connectivity index (χ1) is 8.98. The second-order valence-corrected chi connectivity index (χ2v) is 5.90. The Kier molecular flexibility index (Phi) is 3.00. The molecule has 3 atom stereocenters. The van der Waals surface area contributed by atoms with Gasteiger partial charge in [-0.15, -0.1) is 0 Å². The number of hydrogen-bond acceptors (Lipinski definition) is 4. The van der Waals surface area contributed by atoms with E-state index in [1.165, 1.54) is 12.1 Å². The highest BCUT2D eigenvalue weighted by Gasteiger charge is 2.50. The van der Waals surface area contributed by atoms with Gasteiger partial charge in [-0.1, -0.05) is 11.6 Å². The van der Waals surface area contributed by atoms with E-state index in [1.807, 2.05) is 0 Å². The molecule has 0 amide bonds. The summed E-state index contributed by atoms with van der Waals surface area (Å²) in [6.45, 7) is 0. The number of rotatable bonds is 3. The van der Waals surface area contributed by atoms with Crippen LogP contribution in [0.15, 0.2) is 18.2 Å². The lowest BCUT2D eigenvalue weighted by Gasteiger charge is -2.31. The zero-order chi connectivity index (χ0) is 13.6. The van der Waals surface area contributed by atoms with Crippen LogP contribution in [0, 0.1) is 10.1 Å². The summed E-state index contributed by atoms with van der Waals surface area (Å²) in [5.74, 6) is 0. The lowest BCUT2D eigenvalue weighted by Crippen LogP contribution is -2.50. The van der Waals surface area contributed by atoms with Gasteiger partial charge in [-0.2, -0.15) is 0 Å². The molecule has 0 spiro atoms. The van der Waals surface area contributed by atoms with Crippen molar-refractivity contribution in [3.63, 3.8) is 0 Å². The van der Waals surface area contributed by atoms with Gasteiger partial charge in [-0.05, 0) is 37.8 Å². The van der Waals surface area contributed by atoms with E-state index in [9.17, 15) is 10.1 Å². The Morgan fingerprint density at radius 1 is 1.53 bits per heavy atom. The standard InChI is InChI=1S/C13H15ClN2O3/c14-9-1-3-11(16(17)18)8(5-9)6-13(15)7-10-2-4-12(13)19-10/h1,3,5,10,12H,2,4,6-7,15H2. The van der Waals surface area contributed by atoms with Crippen LogP contribution in [0.1, 0.15) is 24.8 Å². The first-order valence-electron chi connectivity index (χ1n) is 6.35. The summed E-state index contributed by atoms with van der Waals surface area (Å²) < 4.78 is 5.76. The van der Waals surface area contributed by atoms with Crippen LogP contribution in [0.2, 0.25) is 5.02 Å². The minimum atomic E-state index is -0.502. The molecule has 2 fully saturated rings.